The van der Waals surface area contributed by atoms with Crippen LogP contribution in [0.4, 0.5) is 26.3 Å². The Morgan fingerprint density at radius 1 is 0.302 bits per heavy atom. The fraction of sp³-hybridized carbons (Fsp3) is 0.992. The van der Waals surface area contributed by atoms with Gasteiger partial charge in [-0.1, -0.05) is 125 Å². The number of hydrogen-bond donors (Lipinski definition) is 1. The van der Waals surface area contributed by atoms with Gasteiger partial charge in [0.1, 0.15) is 0 Å². The molecule has 0 bridgehead atoms. The zero-order valence-corrected chi connectivity index (χ0v) is 104. The van der Waals surface area contributed by atoms with Crippen molar-refractivity contribution in [2.45, 2.75) is 517 Å². The number of rotatable bonds is 35. The van der Waals surface area contributed by atoms with E-state index in [1.165, 1.54) is 207 Å². The quantitative estimate of drug-likeness (QED) is 0.0482. The van der Waals surface area contributed by atoms with Crippen molar-refractivity contribution in [3.05, 3.63) is 0 Å². The molecule has 149 heavy (non-hydrogen) atoms. The minimum atomic E-state index is -2.56. The van der Waals surface area contributed by atoms with Crippen LogP contribution in [-0.2, 0) is 9.53 Å². The van der Waals surface area contributed by atoms with Crippen LogP contribution in [-0.4, -0.2) is 380 Å². The Bertz CT molecular complexity index is 3170. The van der Waals surface area contributed by atoms with Crippen LogP contribution in [0.1, 0.15) is 414 Å². The molecular formula is C126H249F6N15O2. The molecule has 882 valence electrons. The maximum absolute atomic E-state index is 14.5. The minimum absolute atomic E-state index is 0.0171. The van der Waals surface area contributed by atoms with Crippen molar-refractivity contribution in [2.24, 2.45) is 88.8 Å². The van der Waals surface area contributed by atoms with Crippen molar-refractivity contribution in [3.63, 3.8) is 0 Å². The highest BCUT2D eigenvalue weighted by atomic mass is 19.3. The van der Waals surface area contributed by atoms with Gasteiger partial charge in [0.15, 0.2) is 0 Å². The normalized spacial score (nSPS) is 26.1. The molecule has 12 saturated heterocycles. The molecule has 0 aromatic carbocycles. The molecule has 13 rings (SSSR count). The van der Waals surface area contributed by atoms with E-state index >= 15 is 0 Å². The number of ether oxygens (including phenoxy) is 1. The fourth-order valence-corrected chi connectivity index (χ4v) is 27.2. The highest BCUT2D eigenvalue weighted by molar-refractivity contribution is 5.78. The number of likely N-dealkylation sites (tertiary alicyclic amines) is 11. The predicted molar refractivity (Wildman–Crippen MR) is 627 cm³/mol. The van der Waals surface area contributed by atoms with Crippen molar-refractivity contribution in [1.82, 2.24) is 73.9 Å². The van der Waals surface area contributed by atoms with Gasteiger partial charge in [0, 0.05) is 143 Å². The summed E-state index contributed by atoms with van der Waals surface area (Å²) < 4.78 is 92.1. The summed E-state index contributed by atoms with van der Waals surface area (Å²) in [7, 11) is 2.24. The van der Waals surface area contributed by atoms with Crippen molar-refractivity contribution in [2.75, 3.05) is 203 Å². The topological polar surface area (TPSA) is 83.7 Å². The number of hydrogen-bond acceptors (Lipinski definition) is 16. The lowest BCUT2D eigenvalue weighted by atomic mass is 9.84. The van der Waals surface area contributed by atoms with Crippen LogP contribution in [0.15, 0.2) is 0 Å². The first kappa shape index (κ1) is 136. The predicted octanol–water partition coefficient (Wildman–Crippen LogP) is 26.7. The molecule has 13 fully saturated rings. The van der Waals surface area contributed by atoms with Crippen molar-refractivity contribution >= 4 is 5.91 Å². The minimum Gasteiger partial charge on any atom is -0.379 e. The second kappa shape index (κ2) is 70.0. The first-order valence-electron chi connectivity index (χ1n) is 63.4. The average molecular weight is 2120 g/mol. The number of unbranched alkanes of at least 4 members (excludes halogenated alkanes) is 1. The van der Waals surface area contributed by atoms with E-state index in [-0.39, 0.29) is 37.5 Å². The molecule has 23 heteroatoms. The van der Waals surface area contributed by atoms with E-state index in [4.69, 9.17) is 4.74 Å². The molecule has 3 atom stereocenters. The van der Waals surface area contributed by atoms with Crippen LogP contribution >= 0.6 is 0 Å². The van der Waals surface area contributed by atoms with Gasteiger partial charge in [0.05, 0.1) is 31.8 Å². The van der Waals surface area contributed by atoms with Crippen LogP contribution < -0.4 is 5.32 Å². The summed E-state index contributed by atoms with van der Waals surface area (Å²) in [6.07, 6.45) is 35.3. The molecule has 12 heterocycles. The van der Waals surface area contributed by atoms with Gasteiger partial charge in [0.2, 0.25) is 5.91 Å². The van der Waals surface area contributed by atoms with Crippen LogP contribution in [0.25, 0.3) is 0 Å². The van der Waals surface area contributed by atoms with E-state index in [0.29, 0.717) is 86.3 Å². The Balaban J connectivity index is 0.000000261. The van der Waals surface area contributed by atoms with Crippen molar-refractivity contribution in [3.8, 4) is 0 Å². The number of nitrogens with one attached hydrogen (secondary N) is 1. The SMILES string of the molecule is CC(C)CC1CCN(C2CCN(C(C)C)CC2(F)F)CC1.CC(C)CC1CCN(C2CCN(C(C)C)CC2)CC1.CC(C)CC1CCN(C2CCN(C(C)C)CC2)CC1.CC(C)CC1CCN(C2CCN(C(C)C)CC2)CC1(F)F.CC(C)CC1CCN(C2CCN(C(C)C)CC2)CC1(F)F.CC(C)CN1CCC(C(C)C)CC1.CC(C)CN1CCN(C(C)C)CC1.CC(C)OCCCCN(C)C1CCC(NC(=O)C(C)C)CC1. The average Bonchev–Trinajstić information content (AvgIpc) is 0.792. The maximum Gasteiger partial charge on any atom is 0.275 e. The Kier molecular flexibility index (Phi) is 63.9. The van der Waals surface area contributed by atoms with E-state index in [9.17, 15) is 31.1 Å². The van der Waals surface area contributed by atoms with Gasteiger partial charge in [-0.05, 0) is 492 Å². The molecule has 13 aliphatic rings. The summed E-state index contributed by atoms with van der Waals surface area (Å²) in [6.45, 7) is 102. The number of alkyl halides is 6. The molecule has 1 amide bonds. The second-order valence-electron chi connectivity index (χ2n) is 55.5. The molecule has 3 unspecified atom stereocenters. The van der Waals surface area contributed by atoms with Gasteiger partial charge in [-0.25, -0.2) is 26.3 Å². The second-order valence-corrected chi connectivity index (χ2v) is 55.5. The third kappa shape index (κ3) is 52.0. The highest BCUT2D eigenvalue weighted by Gasteiger charge is 2.51. The molecule has 1 aliphatic carbocycles. The number of carbonyl (C=O) groups is 1. The Morgan fingerprint density at radius 2 is 0.611 bits per heavy atom. The lowest BCUT2D eigenvalue weighted by Crippen LogP contribution is -2.60. The Hall–Kier alpha value is -1.55. The summed E-state index contributed by atoms with van der Waals surface area (Å²) in [6, 6.07) is 6.59. The number of piperazine rings is 1. The first-order valence-corrected chi connectivity index (χ1v) is 63.4. The summed E-state index contributed by atoms with van der Waals surface area (Å²) in [5.74, 6) is 1.38. The summed E-state index contributed by atoms with van der Waals surface area (Å²) in [5.41, 5.74) is 0. The van der Waals surface area contributed by atoms with E-state index in [0.717, 1.165) is 219 Å². The fourth-order valence-electron chi connectivity index (χ4n) is 27.2. The Morgan fingerprint density at radius 3 is 0.906 bits per heavy atom. The number of amides is 1. The van der Waals surface area contributed by atoms with Crippen LogP contribution in [0.2, 0.25) is 0 Å². The molecule has 1 saturated carbocycles. The summed E-state index contributed by atoms with van der Waals surface area (Å²) in [4.78, 5) is 46.0. The van der Waals surface area contributed by atoms with Crippen molar-refractivity contribution < 1.29 is 35.9 Å². The molecule has 0 aromatic heterocycles. The summed E-state index contributed by atoms with van der Waals surface area (Å²) in [5, 5.41) is 3.17. The number of carbonyl (C=O) groups excluding carboxylic acids is 1. The third-order valence-corrected chi connectivity index (χ3v) is 36.7. The van der Waals surface area contributed by atoms with E-state index in [1.54, 1.807) is 0 Å². The maximum atomic E-state index is 14.5. The van der Waals surface area contributed by atoms with Gasteiger partial charge in [-0.2, -0.15) is 0 Å². The third-order valence-electron chi connectivity index (χ3n) is 36.7. The standard InChI is InChI=1S/C18H36N2O2.3C17H32F2N2.2C17H34N2.C12H25N.C11H24N2/c1-14(2)18(21)19-16-8-10-17(11-9-16)20(5)12-6-7-13-22-15(3)4;2*1-13(2)11-15-5-8-21(12-17(15,18)19)16-6-9-20(10-7-16)14(3)4;1-13(2)11-15-5-8-20(9-6-15)16-7-10-21(14(3)4)12-17(16,18)19;2*1-14(2)13-16-5-9-19(10-6-16)17-7-11-18(12-8-17)15(3)4;1-10(2)9-13-7-5-12(6-8-13)11(3)4;1-10(2)9-12-5-7-13(8-6-12)11(3)4/h14-17H,6-13H2,1-5H3,(H,19,21);3*13-16H,5-12H2,1-4H3;2*14-17H,5-13H2,1-4H3;10-12H,5-9H2,1-4H3;10-11H,5-9H2,1-4H3. The largest absolute Gasteiger partial charge is 0.379 e. The van der Waals surface area contributed by atoms with Gasteiger partial charge < -0.3 is 54.2 Å². The number of nitrogens with zero attached hydrogens (tertiary/aromatic N) is 14. The molecule has 0 aromatic rings. The van der Waals surface area contributed by atoms with Crippen LogP contribution in [0.5, 0.6) is 0 Å². The highest BCUT2D eigenvalue weighted by Crippen LogP contribution is 2.43. The van der Waals surface area contributed by atoms with E-state index in [1.807, 2.05) is 60.3 Å². The van der Waals surface area contributed by atoms with E-state index < -0.39 is 35.6 Å². The van der Waals surface area contributed by atoms with Gasteiger partial charge in [0.25, 0.3) is 17.8 Å². The number of halogens is 6. The molecular weight excluding hydrogens is 1870 g/mol. The van der Waals surface area contributed by atoms with Gasteiger partial charge in [-0.3, -0.25) is 29.3 Å². The van der Waals surface area contributed by atoms with Crippen molar-refractivity contribution in [1.29, 1.82) is 0 Å². The lowest BCUT2D eigenvalue weighted by Gasteiger charge is -2.46. The molecule has 0 spiro atoms. The van der Waals surface area contributed by atoms with Crippen LogP contribution in [0.3, 0.4) is 0 Å². The summed E-state index contributed by atoms with van der Waals surface area (Å²) >= 11 is 0. The zero-order valence-electron chi connectivity index (χ0n) is 104. The first-order chi connectivity index (χ1) is 70.1. The number of piperidine rings is 11. The molecule has 12 aliphatic heterocycles. The van der Waals surface area contributed by atoms with E-state index in [2.05, 4.69) is 242 Å². The monoisotopic (exact) mass is 2120 g/mol. The smallest absolute Gasteiger partial charge is 0.275 e. The lowest BCUT2D eigenvalue weighted by molar-refractivity contribution is -0.137. The molecule has 1 N–H and O–H groups in total. The van der Waals surface area contributed by atoms with Gasteiger partial charge >= 0.3 is 0 Å². The van der Waals surface area contributed by atoms with Crippen LogP contribution in [0, 0.1) is 88.8 Å². The molecule has 0 radical (unpaired) electrons. The Labute approximate surface area is 919 Å². The zero-order chi connectivity index (χ0) is 111. The molecule has 17 nitrogen and oxygen atoms in total. The van der Waals surface area contributed by atoms with Gasteiger partial charge in [-0.15, -0.1) is 0 Å².